The van der Waals surface area contributed by atoms with Gasteiger partial charge >= 0.3 is 0 Å². The van der Waals surface area contributed by atoms with Crippen LogP contribution >= 0.6 is 0 Å². The highest BCUT2D eigenvalue weighted by Gasteiger charge is 2.22. The monoisotopic (exact) mass is 408 g/mol. The molecule has 0 atom stereocenters. The van der Waals surface area contributed by atoms with Crippen LogP contribution in [0, 0.1) is 27.7 Å². The molecule has 0 saturated heterocycles. The number of hydrogen-bond donors (Lipinski definition) is 2. The maximum atomic E-state index is 10.2. The molecule has 0 spiro atoms. The van der Waals surface area contributed by atoms with Crippen LogP contribution in [0.2, 0.25) is 0 Å². The highest BCUT2D eigenvalue weighted by atomic mass is 16.3. The van der Waals surface area contributed by atoms with E-state index >= 15 is 0 Å². The van der Waals surface area contributed by atoms with E-state index in [4.69, 9.17) is 0 Å². The summed E-state index contributed by atoms with van der Waals surface area (Å²) in [6.45, 7) is 7.95. The summed E-state index contributed by atoms with van der Waals surface area (Å²) >= 11 is 0. The molecule has 0 aliphatic heterocycles. The van der Waals surface area contributed by atoms with E-state index in [1.54, 1.807) is 0 Å². The molecule has 4 aromatic rings. The third kappa shape index (κ3) is 4.06. The van der Waals surface area contributed by atoms with Crippen LogP contribution in [0.5, 0.6) is 11.5 Å². The minimum absolute atomic E-state index is 0.00317. The Labute approximate surface area is 184 Å². The van der Waals surface area contributed by atoms with Crippen LogP contribution in [0.1, 0.15) is 44.9 Å². The molecular formula is C29H28O2. The van der Waals surface area contributed by atoms with E-state index in [1.807, 2.05) is 45.9 Å². The average molecular weight is 409 g/mol. The summed E-state index contributed by atoms with van der Waals surface area (Å²) in [5.41, 5.74) is 9.70. The van der Waals surface area contributed by atoms with Gasteiger partial charge in [0.25, 0.3) is 0 Å². The van der Waals surface area contributed by atoms with Gasteiger partial charge in [-0.1, -0.05) is 66.7 Å². The van der Waals surface area contributed by atoms with Gasteiger partial charge in [0.1, 0.15) is 11.5 Å². The molecule has 0 bridgehead atoms. The topological polar surface area (TPSA) is 40.5 Å². The molecule has 0 fully saturated rings. The zero-order valence-electron chi connectivity index (χ0n) is 18.5. The lowest BCUT2D eigenvalue weighted by Crippen LogP contribution is -2.08. The van der Waals surface area contributed by atoms with Crippen LogP contribution in [0.15, 0.2) is 78.9 Å². The standard InChI is InChI=1S/C29H28O2/c1-18-16-27(30)20(3)14-25(18)29(26-15-21(4)28(31)17-19(26)2)24-12-10-23(11-13-24)22-8-6-5-7-9-22/h5-17,29-31H,1-4H3. The maximum absolute atomic E-state index is 10.2. The van der Waals surface area contributed by atoms with Crippen LogP contribution < -0.4 is 0 Å². The molecule has 0 amide bonds. The summed E-state index contributed by atoms with van der Waals surface area (Å²) in [6, 6.07) is 27.0. The van der Waals surface area contributed by atoms with Crippen molar-refractivity contribution in [1.82, 2.24) is 0 Å². The van der Waals surface area contributed by atoms with Crippen LogP contribution in [0.25, 0.3) is 11.1 Å². The molecule has 0 heterocycles. The smallest absolute Gasteiger partial charge is 0.118 e. The summed E-state index contributed by atoms with van der Waals surface area (Å²) in [5.74, 6) is 0.638. The number of aromatic hydroxyl groups is 2. The third-order valence-electron chi connectivity index (χ3n) is 6.14. The Morgan fingerprint density at radius 3 is 1.45 bits per heavy atom. The first-order valence-electron chi connectivity index (χ1n) is 10.6. The second-order valence-electron chi connectivity index (χ2n) is 8.41. The molecule has 2 N–H and O–H groups in total. The molecule has 2 heteroatoms. The molecule has 4 aromatic carbocycles. The predicted molar refractivity (Wildman–Crippen MR) is 128 cm³/mol. The summed E-state index contributed by atoms with van der Waals surface area (Å²) < 4.78 is 0. The maximum Gasteiger partial charge on any atom is 0.118 e. The SMILES string of the molecule is Cc1cc(C(c2ccc(-c3ccccc3)cc2)c2cc(C)c(O)cc2C)c(C)cc1O. The minimum atomic E-state index is 0.00317. The van der Waals surface area contributed by atoms with Crippen molar-refractivity contribution in [1.29, 1.82) is 0 Å². The van der Waals surface area contributed by atoms with Crippen LogP contribution in [-0.4, -0.2) is 10.2 Å². The van der Waals surface area contributed by atoms with Crippen molar-refractivity contribution in [2.24, 2.45) is 0 Å². The van der Waals surface area contributed by atoms with Gasteiger partial charge in [0, 0.05) is 5.92 Å². The van der Waals surface area contributed by atoms with Gasteiger partial charge in [-0.05, 0) is 89.9 Å². The number of benzene rings is 4. The minimum Gasteiger partial charge on any atom is -0.508 e. The number of rotatable bonds is 4. The highest BCUT2D eigenvalue weighted by Crippen LogP contribution is 2.39. The van der Waals surface area contributed by atoms with Crippen molar-refractivity contribution in [3.63, 3.8) is 0 Å². The van der Waals surface area contributed by atoms with Crippen LogP contribution in [0.3, 0.4) is 0 Å². The van der Waals surface area contributed by atoms with E-state index in [9.17, 15) is 10.2 Å². The van der Waals surface area contributed by atoms with Gasteiger partial charge in [0.15, 0.2) is 0 Å². The number of phenolic OH excluding ortho intramolecular Hbond substituents is 2. The lowest BCUT2D eigenvalue weighted by molar-refractivity contribution is 0.470. The summed E-state index contributed by atoms with van der Waals surface area (Å²) in [7, 11) is 0. The molecule has 0 saturated carbocycles. The zero-order chi connectivity index (χ0) is 22.1. The van der Waals surface area contributed by atoms with Gasteiger partial charge in [-0.25, -0.2) is 0 Å². The molecule has 156 valence electrons. The van der Waals surface area contributed by atoms with Gasteiger partial charge in [-0.2, -0.15) is 0 Å². The van der Waals surface area contributed by atoms with Crippen molar-refractivity contribution >= 4 is 0 Å². The molecule has 2 nitrogen and oxygen atoms in total. The lowest BCUT2D eigenvalue weighted by atomic mass is 9.79. The first-order chi connectivity index (χ1) is 14.8. The fourth-order valence-electron chi connectivity index (χ4n) is 4.29. The molecule has 0 unspecified atom stereocenters. The third-order valence-corrected chi connectivity index (χ3v) is 6.14. The Morgan fingerprint density at radius 1 is 0.516 bits per heavy atom. The van der Waals surface area contributed by atoms with E-state index in [-0.39, 0.29) is 5.92 Å². The average Bonchev–Trinajstić information content (AvgIpc) is 2.76. The predicted octanol–water partition coefficient (Wildman–Crippen LogP) is 7.18. The molecule has 0 aliphatic rings. The second kappa shape index (κ2) is 8.31. The number of aryl methyl sites for hydroxylation is 4. The fourth-order valence-corrected chi connectivity index (χ4v) is 4.29. The normalized spacial score (nSPS) is 11.1. The van der Waals surface area contributed by atoms with Crippen molar-refractivity contribution in [2.45, 2.75) is 33.6 Å². The van der Waals surface area contributed by atoms with Crippen molar-refractivity contribution in [3.8, 4) is 22.6 Å². The molecule has 0 aliphatic carbocycles. The second-order valence-corrected chi connectivity index (χ2v) is 8.41. The fraction of sp³-hybridized carbons (Fsp3) is 0.172. The van der Waals surface area contributed by atoms with Gasteiger partial charge in [0.2, 0.25) is 0 Å². The summed E-state index contributed by atoms with van der Waals surface area (Å²) in [5, 5.41) is 20.4. The van der Waals surface area contributed by atoms with E-state index in [1.165, 1.54) is 16.7 Å². The van der Waals surface area contributed by atoms with Gasteiger partial charge in [-0.3, -0.25) is 0 Å². The Morgan fingerprint density at radius 2 is 0.968 bits per heavy atom. The van der Waals surface area contributed by atoms with E-state index in [2.05, 4.69) is 60.7 Å². The van der Waals surface area contributed by atoms with Crippen molar-refractivity contribution < 1.29 is 10.2 Å². The summed E-state index contributed by atoms with van der Waals surface area (Å²) in [6.07, 6.45) is 0. The van der Waals surface area contributed by atoms with Crippen molar-refractivity contribution in [2.75, 3.05) is 0 Å². The first-order valence-corrected chi connectivity index (χ1v) is 10.6. The van der Waals surface area contributed by atoms with Crippen LogP contribution in [-0.2, 0) is 0 Å². The Bertz CT molecular complexity index is 1160. The number of phenols is 2. The van der Waals surface area contributed by atoms with Gasteiger partial charge in [0.05, 0.1) is 0 Å². The Kier molecular flexibility index (Phi) is 5.56. The van der Waals surface area contributed by atoms with Gasteiger partial charge in [-0.15, -0.1) is 0 Å². The molecular weight excluding hydrogens is 380 g/mol. The van der Waals surface area contributed by atoms with E-state index < -0.39 is 0 Å². The molecule has 4 rings (SSSR count). The quantitative estimate of drug-likeness (QED) is 0.351. The zero-order valence-corrected chi connectivity index (χ0v) is 18.5. The van der Waals surface area contributed by atoms with E-state index in [0.717, 1.165) is 33.4 Å². The van der Waals surface area contributed by atoms with Gasteiger partial charge < -0.3 is 10.2 Å². The largest absolute Gasteiger partial charge is 0.508 e. The summed E-state index contributed by atoms with van der Waals surface area (Å²) in [4.78, 5) is 0. The molecule has 0 aromatic heterocycles. The first kappa shape index (κ1) is 20.7. The number of hydrogen-bond acceptors (Lipinski definition) is 2. The van der Waals surface area contributed by atoms with Crippen LogP contribution in [0.4, 0.5) is 0 Å². The van der Waals surface area contributed by atoms with E-state index in [0.29, 0.717) is 11.5 Å². The highest BCUT2D eigenvalue weighted by molar-refractivity contribution is 5.64. The molecule has 31 heavy (non-hydrogen) atoms. The molecule has 0 radical (unpaired) electrons. The lowest BCUT2D eigenvalue weighted by Gasteiger charge is -2.24. The Hall–Kier alpha value is -3.52. The van der Waals surface area contributed by atoms with Crippen molar-refractivity contribution in [3.05, 3.63) is 118 Å². The Balaban J connectivity index is 1.90.